The summed E-state index contributed by atoms with van der Waals surface area (Å²) in [4.78, 5) is 2.48. The van der Waals surface area contributed by atoms with Crippen LogP contribution in [-0.4, -0.2) is 25.0 Å². The van der Waals surface area contributed by atoms with Crippen molar-refractivity contribution in [3.8, 4) is 0 Å². The van der Waals surface area contributed by atoms with Gasteiger partial charge in [0.15, 0.2) is 0 Å². The van der Waals surface area contributed by atoms with Crippen LogP contribution in [0.1, 0.15) is 52.4 Å². The number of likely N-dealkylation sites (tertiary alicyclic amines) is 1. The van der Waals surface area contributed by atoms with Gasteiger partial charge in [0.05, 0.1) is 0 Å². The SMILES string of the molecule is CCCCCCC(C)C1CCN(C)C1. The molecule has 2 unspecified atom stereocenters. The number of unbranched alkanes of at least 4 members (excludes halogenated alkanes) is 3. The Morgan fingerprint density at radius 3 is 2.64 bits per heavy atom. The predicted octanol–water partition coefficient (Wildman–Crippen LogP) is 3.54. The fourth-order valence-electron chi connectivity index (χ4n) is 2.56. The molecule has 0 spiro atoms. The summed E-state index contributed by atoms with van der Waals surface area (Å²) < 4.78 is 0. The van der Waals surface area contributed by atoms with E-state index in [0.717, 1.165) is 11.8 Å². The Hall–Kier alpha value is -0.0400. The molecule has 1 heteroatoms. The molecule has 0 aliphatic carbocycles. The molecule has 0 radical (unpaired) electrons. The monoisotopic (exact) mass is 197 g/mol. The Morgan fingerprint density at radius 2 is 2.07 bits per heavy atom. The number of hydrogen-bond acceptors (Lipinski definition) is 1. The van der Waals surface area contributed by atoms with E-state index in [1.54, 1.807) is 0 Å². The maximum atomic E-state index is 2.48. The van der Waals surface area contributed by atoms with Crippen molar-refractivity contribution in [1.29, 1.82) is 0 Å². The first-order valence-corrected chi connectivity index (χ1v) is 6.42. The molecule has 0 aromatic rings. The van der Waals surface area contributed by atoms with Crippen molar-refractivity contribution in [3.63, 3.8) is 0 Å². The zero-order valence-corrected chi connectivity index (χ0v) is 10.3. The molecule has 84 valence electrons. The first kappa shape index (κ1) is 12.0. The van der Waals surface area contributed by atoms with Gasteiger partial charge in [0.2, 0.25) is 0 Å². The first-order valence-electron chi connectivity index (χ1n) is 6.42. The smallest absolute Gasteiger partial charge is 0.000963 e. The lowest BCUT2D eigenvalue weighted by Gasteiger charge is -2.18. The van der Waals surface area contributed by atoms with Gasteiger partial charge in [-0.2, -0.15) is 0 Å². The van der Waals surface area contributed by atoms with Crippen molar-refractivity contribution in [3.05, 3.63) is 0 Å². The summed E-state index contributed by atoms with van der Waals surface area (Å²) in [6, 6.07) is 0. The molecule has 1 rings (SSSR count). The molecule has 2 atom stereocenters. The fraction of sp³-hybridized carbons (Fsp3) is 1.00. The second-order valence-electron chi connectivity index (χ2n) is 5.14. The summed E-state index contributed by atoms with van der Waals surface area (Å²) in [5, 5.41) is 0. The highest BCUT2D eigenvalue weighted by Crippen LogP contribution is 2.26. The third-order valence-electron chi connectivity index (χ3n) is 3.75. The van der Waals surface area contributed by atoms with E-state index in [-0.39, 0.29) is 0 Å². The third kappa shape index (κ3) is 4.00. The Labute approximate surface area is 89.9 Å². The predicted molar refractivity (Wildman–Crippen MR) is 63.5 cm³/mol. The first-order chi connectivity index (χ1) is 6.74. The van der Waals surface area contributed by atoms with Gasteiger partial charge in [-0.3, -0.25) is 0 Å². The number of hydrogen-bond donors (Lipinski definition) is 0. The van der Waals surface area contributed by atoms with E-state index < -0.39 is 0 Å². The van der Waals surface area contributed by atoms with Crippen LogP contribution in [0.15, 0.2) is 0 Å². The van der Waals surface area contributed by atoms with Crippen molar-refractivity contribution in [2.75, 3.05) is 20.1 Å². The van der Waals surface area contributed by atoms with Crippen LogP contribution in [0.2, 0.25) is 0 Å². The highest BCUT2D eigenvalue weighted by atomic mass is 15.1. The van der Waals surface area contributed by atoms with Gasteiger partial charge in [0, 0.05) is 6.54 Å². The standard InChI is InChI=1S/C13H27N/c1-4-5-6-7-8-12(2)13-9-10-14(3)11-13/h12-13H,4-11H2,1-3H3. The minimum atomic E-state index is 0.955. The minimum absolute atomic E-state index is 0.955. The van der Waals surface area contributed by atoms with E-state index in [0.29, 0.717) is 0 Å². The Morgan fingerprint density at radius 1 is 1.29 bits per heavy atom. The van der Waals surface area contributed by atoms with Gasteiger partial charge in [0.1, 0.15) is 0 Å². The Kier molecular flexibility index (Phi) is 5.54. The lowest BCUT2D eigenvalue weighted by atomic mass is 9.88. The molecule has 1 nitrogen and oxygen atoms in total. The zero-order chi connectivity index (χ0) is 10.4. The van der Waals surface area contributed by atoms with Crippen LogP contribution in [0, 0.1) is 11.8 Å². The molecule has 1 heterocycles. The molecule has 1 fully saturated rings. The Bertz CT molecular complexity index is 144. The van der Waals surface area contributed by atoms with Crippen LogP contribution in [0.3, 0.4) is 0 Å². The molecule has 1 aliphatic heterocycles. The maximum Gasteiger partial charge on any atom is 0.000963 e. The molecule has 0 bridgehead atoms. The molecular weight excluding hydrogens is 170 g/mol. The molecule has 1 saturated heterocycles. The number of nitrogens with zero attached hydrogens (tertiary/aromatic N) is 1. The normalized spacial score (nSPS) is 25.5. The summed E-state index contributed by atoms with van der Waals surface area (Å²) in [7, 11) is 2.25. The second-order valence-corrected chi connectivity index (χ2v) is 5.14. The van der Waals surface area contributed by atoms with Crippen molar-refractivity contribution < 1.29 is 0 Å². The summed E-state index contributed by atoms with van der Waals surface area (Å²) >= 11 is 0. The Balaban J connectivity index is 2.06. The molecule has 0 aromatic carbocycles. The molecule has 14 heavy (non-hydrogen) atoms. The van der Waals surface area contributed by atoms with Gasteiger partial charge in [-0.05, 0) is 31.8 Å². The molecule has 0 aromatic heterocycles. The van der Waals surface area contributed by atoms with Crippen molar-refractivity contribution >= 4 is 0 Å². The van der Waals surface area contributed by atoms with Crippen LogP contribution in [0.5, 0.6) is 0 Å². The van der Waals surface area contributed by atoms with Gasteiger partial charge in [-0.15, -0.1) is 0 Å². The average Bonchev–Trinajstić information content (AvgIpc) is 2.59. The van der Waals surface area contributed by atoms with E-state index in [9.17, 15) is 0 Å². The average molecular weight is 197 g/mol. The van der Waals surface area contributed by atoms with Gasteiger partial charge in [0.25, 0.3) is 0 Å². The summed E-state index contributed by atoms with van der Waals surface area (Å²) in [5.74, 6) is 1.94. The van der Waals surface area contributed by atoms with Crippen LogP contribution in [0.25, 0.3) is 0 Å². The van der Waals surface area contributed by atoms with E-state index >= 15 is 0 Å². The van der Waals surface area contributed by atoms with E-state index in [1.165, 1.54) is 51.6 Å². The topological polar surface area (TPSA) is 3.24 Å². The summed E-state index contributed by atoms with van der Waals surface area (Å²) in [6.07, 6.45) is 8.58. The molecular formula is C13H27N. The van der Waals surface area contributed by atoms with Crippen molar-refractivity contribution in [2.45, 2.75) is 52.4 Å². The quantitative estimate of drug-likeness (QED) is 0.589. The largest absolute Gasteiger partial charge is 0.306 e. The van der Waals surface area contributed by atoms with E-state index in [1.807, 2.05) is 0 Å². The van der Waals surface area contributed by atoms with Gasteiger partial charge >= 0.3 is 0 Å². The summed E-state index contributed by atoms with van der Waals surface area (Å²) in [6.45, 7) is 7.41. The highest BCUT2D eigenvalue weighted by molar-refractivity contribution is 4.77. The maximum absolute atomic E-state index is 2.48. The lowest BCUT2D eigenvalue weighted by molar-refractivity contribution is 0.315. The summed E-state index contributed by atoms with van der Waals surface area (Å²) in [5.41, 5.74) is 0. The molecule has 0 saturated carbocycles. The van der Waals surface area contributed by atoms with E-state index in [2.05, 4.69) is 25.8 Å². The van der Waals surface area contributed by atoms with Crippen LogP contribution < -0.4 is 0 Å². The highest BCUT2D eigenvalue weighted by Gasteiger charge is 2.24. The van der Waals surface area contributed by atoms with Gasteiger partial charge in [-0.25, -0.2) is 0 Å². The lowest BCUT2D eigenvalue weighted by Crippen LogP contribution is -2.17. The van der Waals surface area contributed by atoms with E-state index in [4.69, 9.17) is 0 Å². The van der Waals surface area contributed by atoms with Gasteiger partial charge < -0.3 is 4.90 Å². The van der Waals surface area contributed by atoms with Crippen molar-refractivity contribution in [1.82, 2.24) is 4.90 Å². The minimum Gasteiger partial charge on any atom is -0.306 e. The molecule has 1 aliphatic rings. The van der Waals surface area contributed by atoms with Gasteiger partial charge in [-0.1, -0.05) is 46.0 Å². The zero-order valence-electron chi connectivity index (χ0n) is 10.3. The molecule has 0 N–H and O–H groups in total. The van der Waals surface area contributed by atoms with Crippen LogP contribution in [0.4, 0.5) is 0 Å². The molecule has 0 amide bonds. The number of rotatable bonds is 6. The third-order valence-corrected chi connectivity index (χ3v) is 3.75. The van der Waals surface area contributed by atoms with Crippen LogP contribution >= 0.6 is 0 Å². The second kappa shape index (κ2) is 6.44. The van der Waals surface area contributed by atoms with Crippen LogP contribution in [-0.2, 0) is 0 Å². The van der Waals surface area contributed by atoms with Crippen molar-refractivity contribution in [2.24, 2.45) is 11.8 Å². The fourth-order valence-corrected chi connectivity index (χ4v) is 2.56.